The number of likely N-dealkylation sites (tertiary alicyclic amines) is 1. The molecule has 1 aliphatic heterocycles. The summed E-state index contributed by atoms with van der Waals surface area (Å²) in [4.78, 5) is 24.9. The molecule has 1 heterocycles. The summed E-state index contributed by atoms with van der Waals surface area (Å²) in [6, 6.07) is 6.78. The van der Waals surface area contributed by atoms with Gasteiger partial charge in [0.2, 0.25) is 5.91 Å². The molecule has 96 valence electrons. The average molecular weight is 248 g/mol. The van der Waals surface area contributed by atoms with E-state index in [0.717, 1.165) is 0 Å². The lowest BCUT2D eigenvalue weighted by Crippen LogP contribution is -2.36. The van der Waals surface area contributed by atoms with Crippen LogP contribution in [0.5, 0.6) is 5.75 Å². The summed E-state index contributed by atoms with van der Waals surface area (Å²) in [6.45, 7) is 0.570. The minimum absolute atomic E-state index is 0.0648. The monoisotopic (exact) mass is 248 g/mol. The first kappa shape index (κ1) is 12.4. The van der Waals surface area contributed by atoms with Crippen molar-refractivity contribution in [2.24, 2.45) is 0 Å². The normalized spacial score (nSPS) is 18.9. The van der Waals surface area contributed by atoms with Crippen LogP contribution in [0.2, 0.25) is 0 Å². The van der Waals surface area contributed by atoms with Crippen molar-refractivity contribution in [2.75, 3.05) is 20.7 Å². The SMILES string of the molecule is COc1ccc(C(=O)NC2CC(=O)N(C)C2)cc1. The van der Waals surface area contributed by atoms with Crippen LogP contribution in [0.3, 0.4) is 0 Å². The molecule has 1 atom stereocenters. The van der Waals surface area contributed by atoms with E-state index in [0.29, 0.717) is 24.3 Å². The van der Waals surface area contributed by atoms with Gasteiger partial charge < -0.3 is 15.0 Å². The molecule has 1 unspecified atom stereocenters. The highest BCUT2D eigenvalue weighted by Crippen LogP contribution is 2.13. The van der Waals surface area contributed by atoms with Gasteiger partial charge in [0.05, 0.1) is 13.2 Å². The highest BCUT2D eigenvalue weighted by molar-refractivity contribution is 5.95. The quantitative estimate of drug-likeness (QED) is 0.854. The van der Waals surface area contributed by atoms with E-state index in [2.05, 4.69) is 5.32 Å². The molecule has 1 N–H and O–H groups in total. The number of carbonyl (C=O) groups excluding carboxylic acids is 2. The smallest absolute Gasteiger partial charge is 0.251 e. The molecule has 1 aliphatic rings. The van der Waals surface area contributed by atoms with E-state index in [9.17, 15) is 9.59 Å². The fourth-order valence-electron chi connectivity index (χ4n) is 1.97. The van der Waals surface area contributed by atoms with E-state index in [1.54, 1.807) is 43.3 Å². The molecule has 5 heteroatoms. The zero-order chi connectivity index (χ0) is 13.1. The second-order valence-electron chi connectivity index (χ2n) is 4.38. The van der Waals surface area contributed by atoms with Crippen molar-refractivity contribution in [2.45, 2.75) is 12.5 Å². The summed E-state index contributed by atoms with van der Waals surface area (Å²) in [5.41, 5.74) is 0.567. The van der Waals surface area contributed by atoms with Gasteiger partial charge in [-0.3, -0.25) is 9.59 Å². The van der Waals surface area contributed by atoms with Gasteiger partial charge in [-0.2, -0.15) is 0 Å². The molecule has 18 heavy (non-hydrogen) atoms. The van der Waals surface area contributed by atoms with Crippen LogP contribution in [0.15, 0.2) is 24.3 Å². The van der Waals surface area contributed by atoms with E-state index in [1.165, 1.54) is 0 Å². The van der Waals surface area contributed by atoms with Crippen LogP contribution in [-0.2, 0) is 4.79 Å². The van der Waals surface area contributed by atoms with Crippen LogP contribution in [0.1, 0.15) is 16.8 Å². The summed E-state index contributed by atoms with van der Waals surface area (Å²) >= 11 is 0. The Balaban J connectivity index is 1.97. The summed E-state index contributed by atoms with van der Waals surface area (Å²) in [5.74, 6) is 0.614. The molecule has 1 aromatic carbocycles. The van der Waals surface area contributed by atoms with Gasteiger partial charge in [0.1, 0.15) is 5.75 Å². The van der Waals surface area contributed by atoms with E-state index in [1.807, 2.05) is 0 Å². The minimum atomic E-state index is -0.161. The maximum Gasteiger partial charge on any atom is 0.251 e. The molecule has 0 saturated carbocycles. The zero-order valence-electron chi connectivity index (χ0n) is 10.5. The molecule has 0 radical (unpaired) electrons. The van der Waals surface area contributed by atoms with Crippen LogP contribution in [0.25, 0.3) is 0 Å². The first-order chi connectivity index (χ1) is 8.60. The van der Waals surface area contributed by atoms with Gasteiger partial charge in [0.15, 0.2) is 0 Å². The van der Waals surface area contributed by atoms with Gasteiger partial charge in [-0.1, -0.05) is 0 Å². The fraction of sp³-hybridized carbons (Fsp3) is 0.385. The van der Waals surface area contributed by atoms with Crippen LogP contribution < -0.4 is 10.1 Å². The van der Waals surface area contributed by atoms with Crippen molar-refractivity contribution in [1.82, 2.24) is 10.2 Å². The Morgan fingerprint density at radius 3 is 2.56 bits per heavy atom. The molecule has 1 fully saturated rings. The number of nitrogens with zero attached hydrogens (tertiary/aromatic N) is 1. The highest BCUT2D eigenvalue weighted by atomic mass is 16.5. The van der Waals surface area contributed by atoms with Gasteiger partial charge in [0, 0.05) is 25.6 Å². The van der Waals surface area contributed by atoms with Gasteiger partial charge in [-0.25, -0.2) is 0 Å². The van der Waals surface area contributed by atoms with Gasteiger partial charge in [-0.15, -0.1) is 0 Å². The highest BCUT2D eigenvalue weighted by Gasteiger charge is 2.27. The Labute approximate surface area is 106 Å². The Bertz CT molecular complexity index is 456. The number of amides is 2. The number of nitrogens with one attached hydrogen (secondary N) is 1. The molecule has 2 amide bonds. The Hall–Kier alpha value is -2.04. The third-order valence-corrected chi connectivity index (χ3v) is 3.03. The van der Waals surface area contributed by atoms with Gasteiger partial charge >= 0.3 is 0 Å². The lowest BCUT2D eigenvalue weighted by Gasteiger charge is -2.12. The van der Waals surface area contributed by atoms with Crippen LogP contribution in [0.4, 0.5) is 0 Å². The molecule has 5 nitrogen and oxygen atoms in total. The lowest BCUT2D eigenvalue weighted by molar-refractivity contribution is -0.126. The Kier molecular flexibility index (Phi) is 3.50. The maximum atomic E-state index is 11.9. The van der Waals surface area contributed by atoms with Crippen LogP contribution in [0, 0.1) is 0 Å². The minimum Gasteiger partial charge on any atom is -0.497 e. The molecule has 1 aromatic rings. The number of hydrogen-bond donors (Lipinski definition) is 1. The number of hydrogen-bond acceptors (Lipinski definition) is 3. The van der Waals surface area contributed by atoms with E-state index >= 15 is 0 Å². The molecule has 0 aromatic heterocycles. The zero-order valence-corrected chi connectivity index (χ0v) is 10.5. The van der Waals surface area contributed by atoms with Gasteiger partial charge in [-0.05, 0) is 24.3 Å². The number of benzene rings is 1. The maximum absolute atomic E-state index is 11.9. The summed E-state index contributed by atoms with van der Waals surface area (Å²) in [6.07, 6.45) is 0.373. The van der Waals surface area contributed by atoms with E-state index < -0.39 is 0 Å². The first-order valence-electron chi connectivity index (χ1n) is 5.79. The van der Waals surface area contributed by atoms with Crippen molar-refractivity contribution in [3.05, 3.63) is 29.8 Å². The van der Waals surface area contributed by atoms with Crippen molar-refractivity contribution < 1.29 is 14.3 Å². The predicted octanol–water partition coefficient (Wildman–Crippen LogP) is 0.656. The Morgan fingerprint density at radius 1 is 1.39 bits per heavy atom. The molecular formula is C13H16N2O3. The van der Waals surface area contributed by atoms with Crippen molar-refractivity contribution in [3.63, 3.8) is 0 Å². The second-order valence-corrected chi connectivity index (χ2v) is 4.38. The summed E-state index contributed by atoms with van der Waals surface area (Å²) in [7, 11) is 3.32. The number of ether oxygens (including phenoxy) is 1. The van der Waals surface area contributed by atoms with Crippen LogP contribution >= 0.6 is 0 Å². The van der Waals surface area contributed by atoms with Crippen molar-refractivity contribution in [1.29, 1.82) is 0 Å². The standard InChI is InChI=1S/C13H16N2O3/c1-15-8-10(7-12(15)16)14-13(17)9-3-5-11(18-2)6-4-9/h3-6,10H,7-8H2,1-2H3,(H,14,17). The molecule has 1 saturated heterocycles. The van der Waals surface area contributed by atoms with Crippen molar-refractivity contribution >= 4 is 11.8 Å². The lowest BCUT2D eigenvalue weighted by atomic mass is 10.2. The van der Waals surface area contributed by atoms with Crippen LogP contribution in [-0.4, -0.2) is 43.5 Å². The number of rotatable bonds is 3. The molecule has 0 spiro atoms. The summed E-state index contributed by atoms with van der Waals surface area (Å²) in [5, 5.41) is 2.85. The van der Waals surface area contributed by atoms with E-state index in [-0.39, 0.29) is 17.9 Å². The topological polar surface area (TPSA) is 58.6 Å². The molecular weight excluding hydrogens is 232 g/mol. The fourth-order valence-corrected chi connectivity index (χ4v) is 1.97. The van der Waals surface area contributed by atoms with Gasteiger partial charge in [0.25, 0.3) is 5.91 Å². The average Bonchev–Trinajstić information content (AvgIpc) is 2.68. The second kappa shape index (κ2) is 5.08. The summed E-state index contributed by atoms with van der Waals surface area (Å²) < 4.78 is 5.03. The first-order valence-corrected chi connectivity index (χ1v) is 5.79. The molecule has 2 rings (SSSR count). The number of carbonyl (C=O) groups is 2. The predicted molar refractivity (Wildman–Crippen MR) is 66.5 cm³/mol. The van der Waals surface area contributed by atoms with Crippen molar-refractivity contribution in [3.8, 4) is 5.75 Å². The number of likely N-dealkylation sites (N-methyl/N-ethyl adjacent to an activating group) is 1. The third-order valence-electron chi connectivity index (χ3n) is 3.03. The molecule has 0 bridgehead atoms. The number of methoxy groups -OCH3 is 1. The Morgan fingerprint density at radius 2 is 2.06 bits per heavy atom. The molecule has 0 aliphatic carbocycles. The third kappa shape index (κ3) is 2.61. The van der Waals surface area contributed by atoms with E-state index in [4.69, 9.17) is 4.74 Å². The largest absolute Gasteiger partial charge is 0.497 e.